The lowest BCUT2D eigenvalue weighted by atomic mass is 9.82. The Bertz CT molecular complexity index is 817. The zero-order valence-corrected chi connectivity index (χ0v) is 17.5. The zero-order chi connectivity index (χ0) is 22.4. The molecular weight excluding hydrogens is 390 g/mol. The summed E-state index contributed by atoms with van der Waals surface area (Å²) in [6.07, 6.45) is 3.33. The van der Waals surface area contributed by atoms with Crippen LogP contribution in [0.2, 0.25) is 0 Å². The van der Waals surface area contributed by atoms with E-state index in [0.29, 0.717) is 6.42 Å². The minimum atomic E-state index is -1.05. The Kier molecular flexibility index (Phi) is 7.74. The third kappa shape index (κ3) is 6.17. The summed E-state index contributed by atoms with van der Waals surface area (Å²) in [5.41, 5.74) is 0.346. The van der Waals surface area contributed by atoms with E-state index in [-0.39, 0.29) is 35.4 Å². The van der Waals surface area contributed by atoms with Gasteiger partial charge in [-0.15, -0.1) is 0 Å². The molecule has 1 aromatic carbocycles. The minimum absolute atomic E-state index is 0.0792. The molecule has 0 spiro atoms. The molecule has 0 saturated carbocycles. The van der Waals surface area contributed by atoms with Gasteiger partial charge in [-0.3, -0.25) is 9.59 Å². The van der Waals surface area contributed by atoms with Crippen molar-refractivity contribution in [2.45, 2.75) is 52.7 Å². The number of nitrogens with one attached hydrogen (secondary N) is 1. The molecular formula is C22H27NO7. The van der Waals surface area contributed by atoms with Crippen molar-refractivity contribution in [1.82, 2.24) is 0 Å². The SMILES string of the molecule is CC(C)OC(=O)c1cc(NC(=O)[C@@H]2CC=CC[C@@H]2C(=O)O)cc(C(=O)OC(C)C)c1. The van der Waals surface area contributed by atoms with Gasteiger partial charge in [-0.2, -0.15) is 0 Å². The molecule has 162 valence electrons. The van der Waals surface area contributed by atoms with Gasteiger partial charge >= 0.3 is 17.9 Å². The topological polar surface area (TPSA) is 119 Å². The quantitative estimate of drug-likeness (QED) is 0.515. The number of esters is 2. The number of aliphatic carboxylic acids is 1. The van der Waals surface area contributed by atoms with Crippen molar-refractivity contribution in [2.75, 3.05) is 5.32 Å². The van der Waals surface area contributed by atoms with E-state index >= 15 is 0 Å². The Morgan fingerprint density at radius 1 is 0.867 bits per heavy atom. The van der Waals surface area contributed by atoms with E-state index in [0.717, 1.165) is 0 Å². The van der Waals surface area contributed by atoms with Crippen molar-refractivity contribution >= 4 is 29.5 Å². The summed E-state index contributed by atoms with van der Waals surface area (Å²) in [5.74, 6) is -4.44. The number of hydrogen-bond donors (Lipinski definition) is 2. The molecule has 1 amide bonds. The molecule has 0 bridgehead atoms. The lowest BCUT2D eigenvalue weighted by molar-refractivity contribution is -0.146. The fourth-order valence-electron chi connectivity index (χ4n) is 3.11. The van der Waals surface area contributed by atoms with Crippen LogP contribution in [0.5, 0.6) is 0 Å². The predicted octanol–water partition coefficient (Wildman–Crippen LogP) is 3.42. The van der Waals surface area contributed by atoms with E-state index in [1.165, 1.54) is 18.2 Å². The normalized spacial score (nSPS) is 18.2. The van der Waals surface area contributed by atoms with Crippen LogP contribution in [0.25, 0.3) is 0 Å². The molecule has 30 heavy (non-hydrogen) atoms. The maximum absolute atomic E-state index is 12.8. The monoisotopic (exact) mass is 417 g/mol. The lowest BCUT2D eigenvalue weighted by Crippen LogP contribution is -2.34. The number of hydrogen-bond acceptors (Lipinski definition) is 6. The van der Waals surface area contributed by atoms with Gasteiger partial charge in [0, 0.05) is 5.69 Å². The molecule has 2 N–H and O–H groups in total. The number of ether oxygens (including phenoxy) is 2. The zero-order valence-electron chi connectivity index (χ0n) is 17.5. The maximum atomic E-state index is 12.8. The molecule has 0 aliphatic heterocycles. The second-order valence-corrected chi connectivity index (χ2v) is 7.69. The molecule has 1 aromatic rings. The third-order valence-corrected chi connectivity index (χ3v) is 4.44. The molecule has 2 rings (SSSR count). The van der Waals surface area contributed by atoms with Gasteiger partial charge in [0.05, 0.1) is 35.2 Å². The Hall–Kier alpha value is -3.16. The minimum Gasteiger partial charge on any atom is -0.481 e. The van der Waals surface area contributed by atoms with Crippen molar-refractivity contribution in [3.63, 3.8) is 0 Å². The van der Waals surface area contributed by atoms with Crippen LogP contribution in [-0.2, 0) is 19.1 Å². The molecule has 8 heteroatoms. The molecule has 0 fully saturated rings. The van der Waals surface area contributed by atoms with Crippen LogP contribution in [-0.4, -0.2) is 41.1 Å². The second kappa shape index (κ2) is 10.0. The average molecular weight is 417 g/mol. The van der Waals surface area contributed by atoms with Crippen LogP contribution < -0.4 is 5.32 Å². The molecule has 0 heterocycles. The van der Waals surface area contributed by atoms with Gasteiger partial charge < -0.3 is 19.9 Å². The van der Waals surface area contributed by atoms with E-state index in [2.05, 4.69) is 5.32 Å². The van der Waals surface area contributed by atoms with Crippen LogP contribution in [0.15, 0.2) is 30.4 Å². The Balaban J connectivity index is 2.33. The van der Waals surface area contributed by atoms with E-state index in [4.69, 9.17) is 9.47 Å². The van der Waals surface area contributed by atoms with Gasteiger partial charge in [0.15, 0.2) is 0 Å². The van der Waals surface area contributed by atoms with Crippen LogP contribution in [0.3, 0.4) is 0 Å². The van der Waals surface area contributed by atoms with E-state index in [1.807, 2.05) is 0 Å². The predicted molar refractivity (Wildman–Crippen MR) is 109 cm³/mol. The van der Waals surface area contributed by atoms with Gasteiger partial charge in [0.1, 0.15) is 0 Å². The molecule has 0 unspecified atom stereocenters. The van der Waals surface area contributed by atoms with E-state index < -0.39 is 35.7 Å². The first kappa shape index (κ1) is 23.1. The number of carboxylic acid groups (broad SMARTS) is 1. The third-order valence-electron chi connectivity index (χ3n) is 4.44. The van der Waals surface area contributed by atoms with Gasteiger partial charge in [-0.25, -0.2) is 9.59 Å². The van der Waals surface area contributed by atoms with E-state index in [1.54, 1.807) is 39.8 Å². The summed E-state index contributed by atoms with van der Waals surface area (Å²) in [6, 6.07) is 4.13. The number of carboxylic acids is 1. The molecule has 0 aromatic heterocycles. The fraction of sp³-hybridized carbons (Fsp3) is 0.455. The first-order valence-corrected chi connectivity index (χ1v) is 9.84. The second-order valence-electron chi connectivity index (χ2n) is 7.69. The highest BCUT2D eigenvalue weighted by atomic mass is 16.5. The largest absolute Gasteiger partial charge is 0.481 e. The number of carbonyl (C=O) groups excluding carboxylic acids is 3. The highest BCUT2D eigenvalue weighted by Crippen LogP contribution is 2.28. The summed E-state index contributed by atoms with van der Waals surface area (Å²) in [5, 5.41) is 12.0. The van der Waals surface area contributed by atoms with Crippen LogP contribution in [0, 0.1) is 11.8 Å². The summed E-state index contributed by atoms with van der Waals surface area (Å²) in [7, 11) is 0. The Labute approximate surface area is 175 Å². The highest BCUT2D eigenvalue weighted by molar-refractivity contribution is 6.00. The summed E-state index contributed by atoms with van der Waals surface area (Å²) in [6.45, 7) is 6.78. The highest BCUT2D eigenvalue weighted by Gasteiger charge is 2.34. The molecule has 1 aliphatic rings. The summed E-state index contributed by atoms with van der Waals surface area (Å²) in [4.78, 5) is 49.0. The fourth-order valence-corrected chi connectivity index (χ4v) is 3.11. The number of benzene rings is 1. The molecule has 0 saturated heterocycles. The Morgan fingerprint density at radius 3 is 1.77 bits per heavy atom. The first-order valence-electron chi connectivity index (χ1n) is 9.84. The first-order chi connectivity index (χ1) is 14.1. The number of allylic oxidation sites excluding steroid dienone is 2. The average Bonchev–Trinajstić information content (AvgIpc) is 2.66. The molecule has 2 atom stereocenters. The molecule has 1 aliphatic carbocycles. The van der Waals surface area contributed by atoms with E-state index in [9.17, 15) is 24.3 Å². The van der Waals surface area contributed by atoms with Gasteiger partial charge in [0.2, 0.25) is 5.91 Å². The van der Waals surface area contributed by atoms with Crippen molar-refractivity contribution < 1.29 is 33.8 Å². The number of amides is 1. The number of anilines is 1. The standard InChI is InChI=1S/C22H27NO7/c1-12(2)29-21(27)14-9-15(22(28)30-13(3)4)11-16(10-14)23-19(24)17-7-5-6-8-18(17)20(25)26/h5-6,9-13,17-18H,7-8H2,1-4H3,(H,23,24)(H,25,26)/t17-,18+/m1/s1. The van der Waals surface area contributed by atoms with Crippen LogP contribution in [0.4, 0.5) is 5.69 Å². The van der Waals surface area contributed by atoms with Gasteiger partial charge in [0.25, 0.3) is 0 Å². The number of rotatable bonds is 7. The Morgan fingerprint density at radius 2 is 1.33 bits per heavy atom. The summed E-state index contributed by atoms with van der Waals surface area (Å²) >= 11 is 0. The van der Waals surface area contributed by atoms with Crippen molar-refractivity contribution in [3.05, 3.63) is 41.5 Å². The van der Waals surface area contributed by atoms with Crippen LogP contribution >= 0.6 is 0 Å². The maximum Gasteiger partial charge on any atom is 0.338 e. The van der Waals surface area contributed by atoms with Gasteiger partial charge in [-0.05, 0) is 58.7 Å². The molecule has 8 nitrogen and oxygen atoms in total. The van der Waals surface area contributed by atoms with Crippen molar-refractivity contribution in [3.8, 4) is 0 Å². The van der Waals surface area contributed by atoms with Gasteiger partial charge in [-0.1, -0.05) is 12.2 Å². The lowest BCUT2D eigenvalue weighted by Gasteiger charge is -2.24. The van der Waals surface area contributed by atoms with Crippen molar-refractivity contribution in [1.29, 1.82) is 0 Å². The van der Waals surface area contributed by atoms with Crippen LogP contribution in [0.1, 0.15) is 61.3 Å². The summed E-state index contributed by atoms with van der Waals surface area (Å²) < 4.78 is 10.4. The molecule has 0 radical (unpaired) electrons. The number of carbonyl (C=O) groups is 4. The van der Waals surface area contributed by atoms with Crippen molar-refractivity contribution in [2.24, 2.45) is 11.8 Å². The smallest absolute Gasteiger partial charge is 0.338 e.